The molecule has 0 aliphatic heterocycles. The zero-order valence-corrected chi connectivity index (χ0v) is 7.30. The van der Waals surface area contributed by atoms with Gasteiger partial charge < -0.3 is 10.7 Å². The van der Waals surface area contributed by atoms with Crippen molar-refractivity contribution < 1.29 is 13.6 Å². The van der Waals surface area contributed by atoms with Crippen molar-refractivity contribution in [1.82, 2.24) is 4.98 Å². The van der Waals surface area contributed by atoms with Gasteiger partial charge in [-0.3, -0.25) is 9.59 Å². The predicted octanol–water partition coefficient (Wildman–Crippen LogP) is 0.720. The molecular formula is C8H8F2N2O2. The maximum Gasteiger partial charge on any atom is 0.269 e. The molecule has 76 valence electrons. The lowest BCUT2D eigenvalue weighted by molar-refractivity contribution is 0.0993. The summed E-state index contributed by atoms with van der Waals surface area (Å²) in [6, 6.07) is 0. The SMILES string of the molecule is Cc1c(C(N)=O)[nH]cc(C(F)F)c1=O. The van der Waals surface area contributed by atoms with Gasteiger partial charge in [0.05, 0.1) is 5.56 Å². The van der Waals surface area contributed by atoms with E-state index in [-0.39, 0.29) is 11.3 Å². The third-order valence-corrected chi connectivity index (χ3v) is 1.83. The fraction of sp³-hybridized carbons (Fsp3) is 0.250. The number of halogens is 2. The highest BCUT2D eigenvalue weighted by atomic mass is 19.3. The standard InChI is InChI=1S/C8H8F2N2O2/c1-3-5(8(11)14)12-2-4(6(3)13)7(9)10/h2,7H,1H3,(H2,11,14)(H,12,13). The third kappa shape index (κ3) is 1.63. The first-order valence-electron chi connectivity index (χ1n) is 3.75. The average Bonchev–Trinajstić information content (AvgIpc) is 2.08. The molecule has 0 bridgehead atoms. The summed E-state index contributed by atoms with van der Waals surface area (Å²) in [5, 5.41) is 0. The monoisotopic (exact) mass is 202 g/mol. The van der Waals surface area contributed by atoms with Gasteiger partial charge in [-0.1, -0.05) is 0 Å². The molecule has 0 aliphatic rings. The van der Waals surface area contributed by atoms with Crippen LogP contribution in [-0.4, -0.2) is 10.9 Å². The number of pyridine rings is 1. The summed E-state index contributed by atoms with van der Waals surface area (Å²) in [4.78, 5) is 24.2. The number of hydrogen-bond acceptors (Lipinski definition) is 2. The van der Waals surface area contributed by atoms with Crippen molar-refractivity contribution in [3.63, 3.8) is 0 Å². The van der Waals surface area contributed by atoms with Gasteiger partial charge in [0.2, 0.25) is 0 Å². The van der Waals surface area contributed by atoms with E-state index in [1.165, 1.54) is 6.92 Å². The van der Waals surface area contributed by atoms with Crippen LogP contribution in [0, 0.1) is 6.92 Å². The normalized spacial score (nSPS) is 10.6. The smallest absolute Gasteiger partial charge is 0.269 e. The molecule has 0 atom stereocenters. The molecule has 1 rings (SSSR count). The van der Waals surface area contributed by atoms with Crippen LogP contribution in [0.3, 0.4) is 0 Å². The number of rotatable bonds is 2. The Bertz CT molecular complexity index is 426. The Morgan fingerprint density at radius 2 is 2.14 bits per heavy atom. The number of carbonyl (C=O) groups excluding carboxylic acids is 1. The van der Waals surface area contributed by atoms with E-state index in [2.05, 4.69) is 4.98 Å². The summed E-state index contributed by atoms with van der Waals surface area (Å²) >= 11 is 0. The summed E-state index contributed by atoms with van der Waals surface area (Å²) in [6.45, 7) is 1.27. The van der Waals surface area contributed by atoms with Gasteiger partial charge in [0.15, 0.2) is 5.43 Å². The van der Waals surface area contributed by atoms with Gasteiger partial charge in [-0.05, 0) is 6.92 Å². The fourth-order valence-electron chi connectivity index (χ4n) is 1.07. The minimum atomic E-state index is -2.86. The van der Waals surface area contributed by atoms with Crippen molar-refractivity contribution in [1.29, 1.82) is 0 Å². The van der Waals surface area contributed by atoms with Gasteiger partial charge in [-0.2, -0.15) is 0 Å². The Kier molecular flexibility index (Phi) is 2.64. The third-order valence-electron chi connectivity index (χ3n) is 1.83. The number of hydrogen-bond donors (Lipinski definition) is 2. The second kappa shape index (κ2) is 3.57. The topological polar surface area (TPSA) is 76.0 Å². The van der Waals surface area contributed by atoms with E-state index in [4.69, 9.17) is 5.73 Å². The predicted molar refractivity (Wildman–Crippen MR) is 45.3 cm³/mol. The van der Waals surface area contributed by atoms with Crippen LogP contribution < -0.4 is 11.2 Å². The Labute approximate surface area is 77.7 Å². The Morgan fingerprint density at radius 1 is 1.57 bits per heavy atom. The van der Waals surface area contributed by atoms with Crippen molar-refractivity contribution in [3.8, 4) is 0 Å². The van der Waals surface area contributed by atoms with Crippen LogP contribution in [0.25, 0.3) is 0 Å². The molecule has 0 fully saturated rings. The molecule has 14 heavy (non-hydrogen) atoms. The van der Waals surface area contributed by atoms with Crippen LogP contribution in [0.4, 0.5) is 8.78 Å². The number of amides is 1. The van der Waals surface area contributed by atoms with Crippen LogP contribution in [0.1, 0.15) is 28.0 Å². The van der Waals surface area contributed by atoms with Crippen LogP contribution >= 0.6 is 0 Å². The lowest BCUT2D eigenvalue weighted by Crippen LogP contribution is -2.22. The van der Waals surface area contributed by atoms with E-state index in [0.29, 0.717) is 0 Å². The van der Waals surface area contributed by atoms with Crippen molar-refractivity contribution in [2.75, 3.05) is 0 Å². The highest BCUT2D eigenvalue weighted by Gasteiger charge is 2.17. The first kappa shape index (κ1) is 10.4. The number of alkyl halides is 2. The number of H-pyrrole nitrogens is 1. The highest BCUT2D eigenvalue weighted by molar-refractivity contribution is 5.92. The number of nitrogens with one attached hydrogen (secondary N) is 1. The summed E-state index contributed by atoms with van der Waals surface area (Å²) in [6.07, 6.45) is -2.06. The molecule has 0 aliphatic carbocycles. The van der Waals surface area contributed by atoms with Gasteiger partial charge >= 0.3 is 0 Å². The largest absolute Gasteiger partial charge is 0.364 e. The van der Waals surface area contributed by atoms with Crippen molar-refractivity contribution >= 4 is 5.91 Å². The number of primary amides is 1. The van der Waals surface area contributed by atoms with Gasteiger partial charge in [-0.25, -0.2) is 8.78 Å². The van der Waals surface area contributed by atoms with E-state index in [9.17, 15) is 18.4 Å². The molecule has 1 aromatic heterocycles. The number of nitrogens with two attached hydrogens (primary N) is 1. The van der Waals surface area contributed by atoms with E-state index >= 15 is 0 Å². The van der Waals surface area contributed by atoms with Crippen LogP contribution in [0.5, 0.6) is 0 Å². The number of carbonyl (C=O) groups is 1. The van der Waals surface area contributed by atoms with Crippen LogP contribution in [-0.2, 0) is 0 Å². The van der Waals surface area contributed by atoms with Crippen LogP contribution in [0.2, 0.25) is 0 Å². The molecule has 3 N–H and O–H groups in total. The highest BCUT2D eigenvalue weighted by Crippen LogP contribution is 2.14. The molecule has 6 heteroatoms. The molecule has 1 heterocycles. The number of aromatic nitrogens is 1. The quantitative estimate of drug-likeness (QED) is 0.741. The summed E-state index contributed by atoms with van der Waals surface area (Å²) in [5.41, 5.74) is 3.17. The molecule has 0 saturated heterocycles. The second-order valence-electron chi connectivity index (χ2n) is 2.74. The molecule has 0 radical (unpaired) electrons. The molecular weight excluding hydrogens is 194 g/mol. The summed E-state index contributed by atoms with van der Waals surface area (Å²) in [5.74, 6) is -0.847. The van der Waals surface area contributed by atoms with Crippen molar-refractivity contribution in [2.24, 2.45) is 5.73 Å². The van der Waals surface area contributed by atoms with Gasteiger partial charge in [0.25, 0.3) is 12.3 Å². The van der Waals surface area contributed by atoms with Crippen molar-refractivity contribution in [2.45, 2.75) is 13.3 Å². The first-order valence-corrected chi connectivity index (χ1v) is 3.75. The maximum absolute atomic E-state index is 12.2. The second-order valence-corrected chi connectivity index (χ2v) is 2.74. The number of aromatic amines is 1. The Balaban J connectivity index is 3.42. The van der Waals surface area contributed by atoms with E-state index in [0.717, 1.165) is 6.20 Å². The minimum absolute atomic E-state index is 0.0877. The lowest BCUT2D eigenvalue weighted by Gasteiger charge is -2.03. The maximum atomic E-state index is 12.2. The van der Waals surface area contributed by atoms with E-state index < -0.39 is 23.3 Å². The minimum Gasteiger partial charge on any atom is -0.364 e. The molecule has 4 nitrogen and oxygen atoms in total. The van der Waals surface area contributed by atoms with Crippen molar-refractivity contribution in [3.05, 3.63) is 33.2 Å². The average molecular weight is 202 g/mol. The van der Waals surface area contributed by atoms with E-state index in [1.54, 1.807) is 0 Å². The first-order chi connectivity index (χ1) is 6.45. The fourth-order valence-corrected chi connectivity index (χ4v) is 1.07. The lowest BCUT2D eigenvalue weighted by atomic mass is 10.1. The molecule has 1 amide bonds. The molecule has 0 unspecified atom stereocenters. The van der Waals surface area contributed by atoms with Gasteiger partial charge in [0.1, 0.15) is 5.69 Å². The molecule has 0 aromatic carbocycles. The summed E-state index contributed by atoms with van der Waals surface area (Å²) < 4.78 is 24.4. The Hall–Kier alpha value is -1.72. The molecule has 0 saturated carbocycles. The zero-order valence-electron chi connectivity index (χ0n) is 7.30. The van der Waals surface area contributed by atoms with Crippen LogP contribution in [0.15, 0.2) is 11.0 Å². The zero-order chi connectivity index (χ0) is 10.9. The van der Waals surface area contributed by atoms with Gasteiger partial charge in [0, 0.05) is 11.8 Å². The van der Waals surface area contributed by atoms with E-state index in [1.807, 2.05) is 0 Å². The molecule has 0 spiro atoms. The Morgan fingerprint density at radius 3 is 2.57 bits per heavy atom. The van der Waals surface area contributed by atoms with Gasteiger partial charge in [-0.15, -0.1) is 0 Å². The summed E-state index contributed by atoms with van der Waals surface area (Å²) in [7, 11) is 0. The molecule has 1 aromatic rings.